The molecular weight excluding hydrogens is 420 g/mol. The number of aryl methyl sites for hydroxylation is 1. The average Bonchev–Trinajstić information content (AvgIpc) is 2.59. The molecule has 2 aromatic rings. The van der Waals surface area contributed by atoms with Crippen LogP contribution < -0.4 is 10.0 Å². The van der Waals surface area contributed by atoms with Gasteiger partial charge >= 0.3 is 0 Å². The number of rotatable bonds is 7. The molecule has 26 heavy (non-hydrogen) atoms. The van der Waals surface area contributed by atoms with Crippen molar-refractivity contribution in [2.45, 2.75) is 24.8 Å². The van der Waals surface area contributed by atoms with Crippen molar-refractivity contribution in [1.82, 2.24) is 10.0 Å². The van der Waals surface area contributed by atoms with Gasteiger partial charge in [-0.2, -0.15) is 0 Å². The lowest BCUT2D eigenvalue weighted by molar-refractivity contribution is 0.0915. The summed E-state index contributed by atoms with van der Waals surface area (Å²) in [5, 5.41) is 12.4. The molecule has 0 saturated heterocycles. The molecule has 0 aliphatic rings. The van der Waals surface area contributed by atoms with Gasteiger partial charge in [0.05, 0.1) is 17.5 Å². The molecule has 0 bridgehead atoms. The van der Waals surface area contributed by atoms with Crippen LogP contribution in [0.25, 0.3) is 0 Å². The lowest BCUT2D eigenvalue weighted by atomic mass is 10.1. The third kappa shape index (κ3) is 4.91. The van der Waals surface area contributed by atoms with Gasteiger partial charge in [0.1, 0.15) is 0 Å². The summed E-state index contributed by atoms with van der Waals surface area (Å²) in [5.41, 5.74) is 1.63. The maximum absolute atomic E-state index is 12.7. The monoisotopic (exact) mass is 440 g/mol. The molecule has 0 fully saturated rings. The molecule has 8 heteroatoms. The van der Waals surface area contributed by atoms with Gasteiger partial charge in [-0.1, -0.05) is 41.1 Å². The molecule has 0 radical (unpaired) electrons. The van der Waals surface area contributed by atoms with E-state index in [1.165, 1.54) is 12.1 Å². The zero-order chi connectivity index (χ0) is 19.3. The van der Waals surface area contributed by atoms with Crippen LogP contribution in [0.4, 0.5) is 0 Å². The van der Waals surface area contributed by atoms with Crippen molar-refractivity contribution >= 4 is 31.9 Å². The van der Waals surface area contributed by atoms with Gasteiger partial charge < -0.3 is 10.4 Å². The second-order valence-corrected chi connectivity index (χ2v) is 8.42. The molecule has 0 heterocycles. The van der Waals surface area contributed by atoms with Crippen LogP contribution >= 0.6 is 15.9 Å². The van der Waals surface area contributed by atoms with Crippen LogP contribution in [0, 0.1) is 6.92 Å². The zero-order valence-electron chi connectivity index (χ0n) is 14.5. The number of sulfonamides is 1. The van der Waals surface area contributed by atoms with Crippen LogP contribution in [0.2, 0.25) is 0 Å². The molecule has 0 aliphatic carbocycles. The Kier molecular flexibility index (Phi) is 6.94. The smallest absolute Gasteiger partial charge is 0.252 e. The molecule has 1 amide bonds. The first kappa shape index (κ1) is 20.6. The van der Waals surface area contributed by atoms with Crippen LogP contribution in [0.15, 0.2) is 51.8 Å². The first-order valence-electron chi connectivity index (χ1n) is 8.06. The number of amides is 1. The van der Waals surface area contributed by atoms with E-state index in [9.17, 15) is 18.3 Å². The largest absolute Gasteiger partial charge is 0.394 e. The molecule has 0 saturated carbocycles. The van der Waals surface area contributed by atoms with E-state index in [4.69, 9.17) is 0 Å². The van der Waals surface area contributed by atoms with E-state index in [1.807, 2.05) is 12.1 Å². The molecular formula is C18H21BrN2O4S. The van der Waals surface area contributed by atoms with Gasteiger partial charge in [-0.25, -0.2) is 13.1 Å². The number of halogens is 1. The van der Waals surface area contributed by atoms with Crippen LogP contribution in [-0.2, 0) is 10.0 Å². The predicted molar refractivity (Wildman–Crippen MR) is 103 cm³/mol. The summed E-state index contributed by atoms with van der Waals surface area (Å²) in [6.45, 7) is 3.39. The van der Waals surface area contributed by atoms with Crippen LogP contribution in [0.1, 0.15) is 34.5 Å². The Labute approximate surface area is 161 Å². The minimum Gasteiger partial charge on any atom is -0.394 e. The molecule has 1 atom stereocenters. The van der Waals surface area contributed by atoms with E-state index in [-0.39, 0.29) is 23.6 Å². The summed E-state index contributed by atoms with van der Waals surface area (Å²) >= 11 is 3.36. The second kappa shape index (κ2) is 8.77. The van der Waals surface area contributed by atoms with Crippen LogP contribution in [0.3, 0.4) is 0 Å². The fourth-order valence-corrected chi connectivity index (χ4v) is 3.96. The van der Waals surface area contributed by atoms with E-state index in [2.05, 4.69) is 26.0 Å². The van der Waals surface area contributed by atoms with Crippen molar-refractivity contribution in [2.24, 2.45) is 0 Å². The number of carbonyl (C=O) groups is 1. The molecule has 6 nitrogen and oxygen atoms in total. The SMILES string of the molecule is CCNS(=O)(=O)c1ccc(C)c(C(=O)N[C@@H](CO)c2cccc(Br)c2)c1. The molecule has 0 spiro atoms. The second-order valence-electron chi connectivity index (χ2n) is 5.74. The van der Waals surface area contributed by atoms with Gasteiger partial charge in [-0.05, 0) is 42.3 Å². The Hall–Kier alpha value is -1.74. The number of nitrogens with one attached hydrogen (secondary N) is 2. The number of benzene rings is 2. The lowest BCUT2D eigenvalue weighted by Gasteiger charge is -2.18. The molecule has 0 unspecified atom stereocenters. The zero-order valence-corrected chi connectivity index (χ0v) is 16.9. The Morgan fingerprint density at radius 3 is 2.58 bits per heavy atom. The van der Waals surface area contributed by atoms with E-state index >= 15 is 0 Å². The van der Waals surface area contributed by atoms with Crippen molar-refractivity contribution in [3.63, 3.8) is 0 Å². The van der Waals surface area contributed by atoms with Crippen molar-refractivity contribution in [2.75, 3.05) is 13.2 Å². The highest BCUT2D eigenvalue weighted by atomic mass is 79.9. The third-order valence-electron chi connectivity index (χ3n) is 3.84. The fourth-order valence-electron chi connectivity index (χ4n) is 2.48. The van der Waals surface area contributed by atoms with Gasteiger partial charge in [0, 0.05) is 16.6 Å². The summed E-state index contributed by atoms with van der Waals surface area (Å²) in [6, 6.07) is 11.0. The first-order chi connectivity index (χ1) is 12.3. The molecule has 0 aromatic heterocycles. The molecule has 2 rings (SSSR count). The normalized spacial score (nSPS) is 12.6. The van der Waals surface area contributed by atoms with E-state index < -0.39 is 22.0 Å². The van der Waals surface area contributed by atoms with Gasteiger partial charge in [0.15, 0.2) is 0 Å². The number of carbonyl (C=O) groups excluding carboxylic acids is 1. The summed E-state index contributed by atoms with van der Waals surface area (Å²) in [4.78, 5) is 12.7. The van der Waals surface area contributed by atoms with E-state index in [1.54, 1.807) is 32.0 Å². The topological polar surface area (TPSA) is 95.5 Å². The molecule has 2 aromatic carbocycles. The predicted octanol–water partition coefficient (Wildman–Crippen LogP) is 2.52. The summed E-state index contributed by atoms with van der Waals surface area (Å²) < 4.78 is 27.6. The maximum Gasteiger partial charge on any atom is 0.252 e. The molecule has 0 aliphatic heterocycles. The van der Waals surface area contributed by atoms with E-state index in [0.29, 0.717) is 5.56 Å². The van der Waals surface area contributed by atoms with Gasteiger partial charge in [0.2, 0.25) is 10.0 Å². The number of aliphatic hydroxyl groups is 1. The van der Waals surface area contributed by atoms with Gasteiger partial charge in [-0.15, -0.1) is 0 Å². The number of aliphatic hydroxyl groups excluding tert-OH is 1. The Bertz CT molecular complexity index is 900. The Morgan fingerprint density at radius 1 is 1.23 bits per heavy atom. The Morgan fingerprint density at radius 2 is 1.96 bits per heavy atom. The van der Waals surface area contributed by atoms with Gasteiger partial charge in [-0.3, -0.25) is 4.79 Å². The van der Waals surface area contributed by atoms with Crippen molar-refractivity contribution in [1.29, 1.82) is 0 Å². The number of hydrogen-bond acceptors (Lipinski definition) is 4. The lowest BCUT2D eigenvalue weighted by Crippen LogP contribution is -2.31. The van der Waals surface area contributed by atoms with E-state index in [0.717, 1.165) is 10.0 Å². The van der Waals surface area contributed by atoms with Crippen molar-refractivity contribution in [3.8, 4) is 0 Å². The maximum atomic E-state index is 12.7. The van der Waals surface area contributed by atoms with Crippen molar-refractivity contribution in [3.05, 3.63) is 63.6 Å². The molecule has 3 N–H and O–H groups in total. The summed E-state index contributed by atoms with van der Waals surface area (Å²) in [7, 11) is -3.66. The summed E-state index contributed by atoms with van der Waals surface area (Å²) in [5.74, 6) is -0.449. The number of hydrogen-bond donors (Lipinski definition) is 3. The highest BCUT2D eigenvalue weighted by Gasteiger charge is 2.20. The highest BCUT2D eigenvalue weighted by Crippen LogP contribution is 2.20. The Balaban J connectivity index is 2.31. The quantitative estimate of drug-likeness (QED) is 0.616. The van der Waals surface area contributed by atoms with Crippen LogP contribution in [0.5, 0.6) is 0 Å². The summed E-state index contributed by atoms with van der Waals surface area (Å²) in [6.07, 6.45) is 0. The van der Waals surface area contributed by atoms with Crippen molar-refractivity contribution < 1.29 is 18.3 Å². The molecule has 140 valence electrons. The average molecular weight is 441 g/mol. The first-order valence-corrected chi connectivity index (χ1v) is 10.3. The minimum absolute atomic E-state index is 0.0260. The standard InChI is InChI=1S/C18H21BrN2O4S/c1-3-20-26(24,25)15-8-7-12(2)16(10-15)18(23)21-17(11-22)13-5-4-6-14(19)9-13/h4-10,17,20,22H,3,11H2,1-2H3,(H,21,23)/t17-/m0/s1. The minimum atomic E-state index is -3.66. The van der Waals surface area contributed by atoms with Crippen LogP contribution in [-0.4, -0.2) is 32.6 Å². The highest BCUT2D eigenvalue weighted by molar-refractivity contribution is 9.10. The third-order valence-corrected chi connectivity index (χ3v) is 5.87. The fraction of sp³-hybridized carbons (Fsp3) is 0.278. The van der Waals surface area contributed by atoms with Gasteiger partial charge in [0.25, 0.3) is 5.91 Å².